The highest BCUT2D eigenvalue weighted by atomic mass is 32.1. The molecule has 0 saturated carbocycles. The molecular weight excluding hydrogens is 302 g/mol. The summed E-state index contributed by atoms with van der Waals surface area (Å²) in [7, 11) is 0. The second-order valence-corrected chi connectivity index (χ2v) is 6.88. The molecule has 0 aromatic carbocycles. The molecule has 2 saturated heterocycles. The Morgan fingerprint density at radius 3 is 2.90 bits per heavy atom. The third kappa shape index (κ3) is 4.39. The van der Waals surface area contributed by atoms with Gasteiger partial charge in [-0.2, -0.15) is 11.3 Å². The van der Waals surface area contributed by atoms with Crippen molar-refractivity contribution in [3.63, 3.8) is 0 Å². The molecule has 1 aromatic heterocycles. The van der Waals surface area contributed by atoms with E-state index in [1.54, 1.807) is 11.3 Å². The van der Waals surface area contributed by atoms with Gasteiger partial charge in [0.15, 0.2) is 5.11 Å². The minimum Gasteiger partial charge on any atom is -0.376 e. The predicted octanol–water partition coefficient (Wildman–Crippen LogP) is 1.92. The summed E-state index contributed by atoms with van der Waals surface area (Å²) >= 11 is 7.28. The summed E-state index contributed by atoms with van der Waals surface area (Å²) in [6.07, 6.45) is 2.69. The van der Waals surface area contributed by atoms with Gasteiger partial charge in [0.05, 0.1) is 6.10 Å². The molecule has 0 amide bonds. The lowest BCUT2D eigenvalue weighted by atomic mass is 10.2. The van der Waals surface area contributed by atoms with Gasteiger partial charge in [-0.25, -0.2) is 0 Å². The minimum atomic E-state index is 0.350. The van der Waals surface area contributed by atoms with E-state index in [0.29, 0.717) is 6.10 Å². The summed E-state index contributed by atoms with van der Waals surface area (Å²) in [6.45, 7) is 7.01. The topological polar surface area (TPSA) is 27.7 Å². The molecule has 2 fully saturated rings. The summed E-state index contributed by atoms with van der Waals surface area (Å²) in [6, 6.07) is 2.21. The molecule has 6 heteroatoms. The van der Waals surface area contributed by atoms with Gasteiger partial charge in [0.1, 0.15) is 0 Å². The summed E-state index contributed by atoms with van der Waals surface area (Å²) in [5.41, 5.74) is 1.42. The fraction of sp³-hybridized carbons (Fsp3) is 0.667. The van der Waals surface area contributed by atoms with E-state index in [1.807, 2.05) is 0 Å². The zero-order chi connectivity index (χ0) is 14.5. The largest absolute Gasteiger partial charge is 0.376 e. The van der Waals surface area contributed by atoms with Gasteiger partial charge >= 0.3 is 0 Å². The molecule has 1 N–H and O–H groups in total. The number of nitrogens with one attached hydrogen (secondary N) is 1. The van der Waals surface area contributed by atoms with Crippen LogP contribution >= 0.6 is 23.6 Å². The first-order valence-corrected chi connectivity index (χ1v) is 9.04. The van der Waals surface area contributed by atoms with Crippen molar-refractivity contribution in [3.05, 3.63) is 22.4 Å². The molecule has 2 aliphatic heterocycles. The highest BCUT2D eigenvalue weighted by Crippen LogP contribution is 2.13. The Labute approximate surface area is 136 Å². The fourth-order valence-corrected chi connectivity index (χ4v) is 3.79. The first-order chi connectivity index (χ1) is 10.3. The van der Waals surface area contributed by atoms with Crippen LogP contribution < -0.4 is 5.32 Å². The quantitative estimate of drug-likeness (QED) is 0.854. The lowest BCUT2D eigenvalue weighted by Gasteiger charge is -2.36. The van der Waals surface area contributed by atoms with Crippen LogP contribution in [-0.2, 0) is 11.3 Å². The summed E-state index contributed by atoms with van der Waals surface area (Å²) in [5.74, 6) is 0. The molecule has 4 nitrogen and oxygen atoms in total. The van der Waals surface area contributed by atoms with Crippen molar-refractivity contribution < 1.29 is 4.74 Å². The van der Waals surface area contributed by atoms with Crippen LogP contribution in [-0.4, -0.2) is 60.3 Å². The lowest BCUT2D eigenvalue weighted by Crippen LogP contribution is -2.52. The number of thiocarbonyl (C=S) groups is 1. The van der Waals surface area contributed by atoms with Gasteiger partial charge in [0.2, 0.25) is 0 Å². The average Bonchev–Trinajstić information content (AvgIpc) is 3.19. The summed E-state index contributed by atoms with van der Waals surface area (Å²) < 4.78 is 5.62. The maximum Gasteiger partial charge on any atom is 0.169 e. The van der Waals surface area contributed by atoms with Crippen molar-refractivity contribution in [2.24, 2.45) is 0 Å². The van der Waals surface area contributed by atoms with E-state index in [0.717, 1.165) is 57.4 Å². The maximum atomic E-state index is 5.62. The first kappa shape index (κ1) is 15.2. The van der Waals surface area contributed by atoms with Gasteiger partial charge in [-0.15, -0.1) is 0 Å². The molecule has 1 aromatic rings. The normalized spacial score (nSPS) is 23.4. The number of piperazine rings is 1. The van der Waals surface area contributed by atoms with E-state index in [4.69, 9.17) is 17.0 Å². The van der Waals surface area contributed by atoms with E-state index in [1.165, 1.54) is 12.0 Å². The molecule has 3 heterocycles. The molecule has 0 aliphatic carbocycles. The monoisotopic (exact) mass is 325 g/mol. The smallest absolute Gasteiger partial charge is 0.169 e. The van der Waals surface area contributed by atoms with Gasteiger partial charge in [0.25, 0.3) is 0 Å². The number of nitrogens with zero attached hydrogens (tertiary/aromatic N) is 2. The van der Waals surface area contributed by atoms with E-state index in [-0.39, 0.29) is 0 Å². The van der Waals surface area contributed by atoms with Crippen molar-refractivity contribution in [2.45, 2.75) is 25.5 Å². The Bertz CT molecular complexity index is 438. The molecule has 0 radical (unpaired) electrons. The van der Waals surface area contributed by atoms with Gasteiger partial charge in [-0.3, -0.25) is 4.90 Å². The van der Waals surface area contributed by atoms with E-state index in [2.05, 4.69) is 31.9 Å². The summed E-state index contributed by atoms with van der Waals surface area (Å²) in [5, 5.41) is 8.64. The molecule has 2 aliphatic rings. The van der Waals surface area contributed by atoms with Gasteiger partial charge in [-0.05, 0) is 47.4 Å². The number of rotatable bonds is 4. The van der Waals surface area contributed by atoms with Crippen LogP contribution in [0.4, 0.5) is 0 Å². The van der Waals surface area contributed by atoms with Crippen molar-refractivity contribution in [3.8, 4) is 0 Å². The SMILES string of the molecule is S=C(NC[C@H]1CCCO1)N1CCN(Cc2ccsc2)CC1. The van der Waals surface area contributed by atoms with Crippen LogP contribution in [0.1, 0.15) is 18.4 Å². The molecule has 1 atom stereocenters. The Balaban J connectivity index is 1.37. The van der Waals surface area contributed by atoms with Crippen LogP contribution in [0.2, 0.25) is 0 Å². The van der Waals surface area contributed by atoms with Crippen LogP contribution in [0.25, 0.3) is 0 Å². The van der Waals surface area contributed by atoms with Crippen molar-refractivity contribution in [1.82, 2.24) is 15.1 Å². The molecular formula is C15H23N3OS2. The van der Waals surface area contributed by atoms with E-state index >= 15 is 0 Å². The standard InChI is InChI=1S/C15H23N3OS2/c20-15(16-10-14-2-1-8-19-14)18-6-4-17(5-7-18)11-13-3-9-21-12-13/h3,9,12,14H,1-2,4-8,10-11H2,(H,16,20)/t14-/m1/s1. The molecule has 3 rings (SSSR count). The van der Waals surface area contributed by atoms with E-state index < -0.39 is 0 Å². The Hall–Kier alpha value is -0.690. The first-order valence-electron chi connectivity index (χ1n) is 7.69. The third-order valence-corrected chi connectivity index (χ3v) is 5.29. The second kappa shape index (κ2) is 7.54. The van der Waals surface area contributed by atoms with Crippen LogP contribution in [0.3, 0.4) is 0 Å². The van der Waals surface area contributed by atoms with Crippen LogP contribution in [0, 0.1) is 0 Å². The zero-order valence-corrected chi connectivity index (χ0v) is 13.9. The predicted molar refractivity (Wildman–Crippen MR) is 90.7 cm³/mol. The van der Waals surface area contributed by atoms with Crippen molar-refractivity contribution in [2.75, 3.05) is 39.3 Å². The molecule has 21 heavy (non-hydrogen) atoms. The van der Waals surface area contributed by atoms with Gasteiger partial charge < -0.3 is 15.0 Å². The Morgan fingerprint density at radius 2 is 2.24 bits per heavy atom. The average molecular weight is 326 g/mol. The fourth-order valence-electron chi connectivity index (χ4n) is 2.87. The minimum absolute atomic E-state index is 0.350. The van der Waals surface area contributed by atoms with E-state index in [9.17, 15) is 0 Å². The number of thiophene rings is 1. The second-order valence-electron chi connectivity index (χ2n) is 5.72. The molecule has 0 spiro atoms. The van der Waals surface area contributed by atoms with Crippen molar-refractivity contribution in [1.29, 1.82) is 0 Å². The highest BCUT2D eigenvalue weighted by molar-refractivity contribution is 7.80. The molecule has 0 bridgehead atoms. The summed E-state index contributed by atoms with van der Waals surface area (Å²) in [4.78, 5) is 4.79. The molecule has 0 unspecified atom stereocenters. The highest BCUT2D eigenvalue weighted by Gasteiger charge is 2.20. The zero-order valence-electron chi connectivity index (χ0n) is 12.3. The van der Waals surface area contributed by atoms with Crippen LogP contribution in [0.5, 0.6) is 0 Å². The number of hydrogen-bond donors (Lipinski definition) is 1. The Morgan fingerprint density at radius 1 is 1.38 bits per heavy atom. The Kier molecular flexibility index (Phi) is 5.46. The van der Waals surface area contributed by atoms with Crippen LogP contribution in [0.15, 0.2) is 16.8 Å². The number of hydrogen-bond acceptors (Lipinski definition) is 4. The maximum absolute atomic E-state index is 5.62. The van der Waals surface area contributed by atoms with Crippen molar-refractivity contribution >= 4 is 28.7 Å². The third-order valence-electron chi connectivity index (χ3n) is 4.15. The number of ether oxygens (including phenoxy) is 1. The van der Waals surface area contributed by atoms with Gasteiger partial charge in [-0.1, -0.05) is 0 Å². The molecule has 116 valence electrons. The van der Waals surface area contributed by atoms with Gasteiger partial charge in [0, 0.05) is 45.9 Å². The lowest BCUT2D eigenvalue weighted by molar-refractivity contribution is 0.112.